The van der Waals surface area contributed by atoms with Gasteiger partial charge in [-0.15, -0.1) is 0 Å². The third kappa shape index (κ3) is 4.16. The fraction of sp³-hybridized carbons (Fsp3) is 0.125. The highest BCUT2D eigenvalue weighted by molar-refractivity contribution is 9.10. The Morgan fingerprint density at radius 3 is 2.29 bits per heavy atom. The third-order valence-corrected chi connectivity index (χ3v) is 3.79. The Morgan fingerprint density at radius 2 is 1.67 bits per heavy atom. The molecule has 0 unspecified atom stereocenters. The topological polar surface area (TPSA) is 66.4 Å². The molecule has 2 aromatic carbocycles. The van der Waals surface area contributed by atoms with E-state index in [-0.39, 0.29) is 6.42 Å². The van der Waals surface area contributed by atoms with Crippen LogP contribution in [0, 0.1) is 0 Å². The second-order valence-electron chi connectivity index (χ2n) is 4.53. The van der Waals surface area contributed by atoms with Gasteiger partial charge in [0, 0.05) is 16.5 Å². The summed E-state index contributed by atoms with van der Waals surface area (Å²) in [6.07, 6.45) is 0.218. The molecule has 0 saturated heterocycles. The Morgan fingerprint density at radius 1 is 1.05 bits per heavy atom. The minimum atomic E-state index is -1.06. The highest BCUT2D eigenvalue weighted by Crippen LogP contribution is 2.17. The van der Waals surface area contributed by atoms with Gasteiger partial charge in [0.2, 0.25) is 0 Å². The van der Waals surface area contributed by atoms with Gasteiger partial charge in [-0.2, -0.15) is 0 Å². The number of halogens is 1. The van der Waals surface area contributed by atoms with Crippen LogP contribution in [-0.2, 0) is 11.2 Å². The van der Waals surface area contributed by atoms with Crippen LogP contribution in [0.1, 0.15) is 15.9 Å². The summed E-state index contributed by atoms with van der Waals surface area (Å²) in [5.74, 6) is -1.45. The van der Waals surface area contributed by atoms with Crippen molar-refractivity contribution in [1.29, 1.82) is 0 Å². The minimum absolute atomic E-state index is 0.218. The maximum absolute atomic E-state index is 12.0. The average molecular weight is 348 g/mol. The first-order chi connectivity index (χ1) is 10.1. The van der Waals surface area contributed by atoms with E-state index in [1.807, 2.05) is 24.3 Å². The van der Waals surface area contributed by atoms with Crippen molar-refractivity contribution in [3.8, 4) is 0 Å². The van der Waals surface area contributed by atoms with Gasteiger partial charge in [0.05, 0.1) is 0 Å². The van der Waals surface area contributed by atoms with Crippen LogP contribution in [0.5, 0.6) is 0 Å². The molecule has 2 rings (SSSR count). The van der Waals surface area contributed by atoms with Crippen molar-refractivity contribution in [2.45, 2.75) is 12.5 Å². The number of hydrogen-bond acceptors (Lipinski definition) is 2. The number of carbonyl (C=O) groups is 2. The van der Waals surface area contributed by atoms with Crippen LogP contribution in [0.3, 0.4) is 0 Å². The van der Waals surface area contributed by atoms with Gasteiger partial charge in [-0.25, -0.2) is 4.79 Å². The van der Waals surface area contributed by atoms with Gasteiger partial charge in [-0.1, -0.05) is 52.3 Å². The van der Waals surface area contributed by atoms with Gasteiger partial charge in [-0.05, 0) is 23.8 Å². The molecule has 0 heterocycles. The molecule has 5 heteroatoms. The number of carbonyl (C=O) groups excluding carboxylic acids is 1. The quantitative estimate of drug-likeness (QED) is 0.873. The van der Waals surface area contributed by atoms with E-state index in [4.69, 9.17) is 0 Å². The van der Waals surface area contributed by atoms with Crippen LogP contribution in [-0.4, -0.2) is 23.0 Å². The lowest BCUT2D eigenvalue weighted by molar-refractivity contribution is -0.139. The number of aliphatic carboxylic acids is 1. The first kappa shape index (κ1) is 15.3. The summed E-state index contributed by atoms with van der Waals surface area (Å²) in [6, 6.07) is 14.9. The van der Waals surface area contributed by atoms with Gasteiger partial charge >= 0.3 is 5.97 Å². The van der Waals surface area contributed by atoms with Gasteiger partial charge < -0.3 is 10.4 Å². The van der Waals surface area contributed by atoms with E-state index in [1.54, 1.807) is 30.3 Å². The zero-order valence-corrected chi connectivity index (χ0v) is 12.7. The second kappa shape index (κ2) is 7.04. The van der Waals surface area contributed by atoms with Crippen LogP contribution >= 0.6 is 15.9 Å². The highest BCUT2D eigenvalue weighted by atomic mass is 79.9. The van der Waals surface area contributed by atoms with Crippen LogP contribution in [0.25, 0.3) is 0 Å². The third-order valence-electron chi connectivity index (χ3n) is 3.02. The fourth-order valence-corrected chi connectivity index (χ4v) is 2.36. The van der Waals surface area contributed by atoms with Crippen molar-refractivity contribution < 1.29 is 14.7 Å². The molecule has 2 N–H and O–H groups in total. The first-order valence-electron chi connectivity index (χ1n) is 6.40. The standard InChI is InChI=1S/C16H14BrNO3/c17-13-9-5-4-8-12(13)10-14(16(20)21)18-15(19)11-6-2-1-3-7-11/h1-9,14H,10H2,(H,18,19)(H,20,21)/t14-/m1/s1. The number of carboxylic acid groups (broad SMARTS) is 1. The van der Waals surface area contributed by atoms with Crippen molar-refractivity contribution in [2.24, 2.45) is 0 Å². The molecule has 0 aromatic heterocycles. The molecule has 108 valence electrons. The van der Waals surface area contributed by atoms with E-state index in [0.29, 0.717) is 5.56 Å². The predicted octanol–water partition coefficient (Wildman–Crippen LogP) is 2.87. The summed E-state index contributed by atoms with van der Waals surface area (Å²) in [4.78, 5) is 23.4. The van der Waals surface area contributed by atoms with Gasteiger partial charge in [0.15, 0.2) is 0 Å². The Labute approximate surface area is 130 Å². The molecule has 0 radical (unpaired) electrons. The van der Waals surface area contributed by atoms with Crippen molar-refractivity contribution >= 4 is 27.8 Å². The van der Waals surface area contributed by atoms with E-state index in [1.165, 1.54) is 0 Å². The smallest absolute Gasteiger partial charge is 0.326 e. The zero-order chi connectivity index (χ0) is 15.2. The molecule has 2 aromatic rings. The van der Waals surface area contributed by atoms with Gasteiger partial charge in [-0.3, -0.25) is 4.79 Å². The van der Waals surface area contributed by atoms with E-state index >= 15 is 0 Å². The number of carboxylic acids is 1. The summed E-state index contributed by atoms with van der Waals surface area (Å²) >= 11 is 3.38. The molecule has 0 bridgehead atoms. The molecular weight excluding hydrogens is 334 g/mol. The minimum Gasteiger partial charge on any atom is -0.480 e. The maximum Gasteiger partial charge on any atom is 0.326 e. The normalized spacial score (nSPS) is 11.7. The lowest BCUT2D eigenvalue weighted by Crippen LogP contribution is -2.42. The molecule has 0 aliphatic carbocycles. The van der Waals surface area contributed by atoms with Crippen LogP contribution in [0.2, 0.25) is 0 Å². The van der Waals surface area contributed by atoms with Crippen LogP contribution in [0.15, 0.2) is 59.1 Å². The van der Waals surface area contributed by atoms with Crippen molar-refractivity contribution in [3.05, 3.63) is 70.2 Å². The molecule has 4 nitrogen and oxygen atoms in total. The maximum atomic E-state index is 12.0. The lowest BCUT2D eigenvalue weighted by atomic mass is 10.1. The average Bonchev–Trinajstić information content (AvgIpc) is 2.49. The Kier molecular flexibility index (Phi) is 5.11. The summed E-state index contributed by atoms with van der Waals surface area (Å²) in [5, 5.41) is 11.8. The molecule has 0 aliphatic heterocycles. The van der Waals surface area contributed by atoms with Crippen molar-refractivity contribution in [2.75, 3.05) is 0 Å². The van der Waals surface area contributed by atoms with Gasteiger partial charge in [0.1, 0.15) is 6.04 Å². The van der Waals surface area contributed by atoms with E-state index in [9.17, 15) is 14.7 Å². The van der Waals surface area contributed by atoms with Crippen LogP contribution < -0.4 is 5.32 Å². The molecular formula is C16H14BrNO3. The molecule has 1 amide bonds. The summed E-state index contributed by atoms with van der Waals surface area (Å²) in [7, 11) is 0. The molecule has 1 atom stereocenters. The first-order valence-corrected chi connectivity index (χ1v) is 7.19. The Hall–Kier alpha value is -2.14. The van der Waals surface area contributed by atoms with E-state index < -0.39 is 17.9 Å². The zero-order valence-electron chi connectivity index (χ0n) is 11.1. The number of nitrogens with one attached hydrogen (secondary N) is 1. The van der Waals surface area contributed by atoms with E-state index in [2.05, 4.69) is 21.2 Å². The number of amides is 1. The molecule has 0 fully saturated rings. The van der Waals surface area contributed by atoms with Crippen LogP contribution in [0.4, 0.5) is 0 Å². The molecule has 21 heavy (non-hydrogen) atoms. The summed E-state index contributed by atoms with van der Waals surface area (Å²) in [6.45, 7) is 0. The molecule has 0 aliphatic rings. The lowest BCUT2D eigenvalue weighted by Gasteiger charge is -2.15. The number of benzene rings is 2. The second-order valence-corrected chi connectivity index (χ2v) is 5.38. The Bertz CT molecular complexity index is 643. The number of hydrogen-bond donors (Lipinski definition) is 2. The monoisotopic (exact) mass is 347 g/mol. The fourth-order valence-electron chi connectivity index (χ4n) is 1.92. The summed E-state index contributed by atoms with van der Waals surface area (Å²) < 4.78 is 0.824. The largest absolute Gasteiger partial charge is 0.480 e. The molecule has 0 spiro atoms. The van der Waals surface area contributed by atoms with Gasteiger partial charge in [0.25, 0.3) is 5.91 Å². The SMILES string of the molecule is O=C(N[C@H](Cc1ccccc1Br)C(=O)O)c1ccccc1. The highest BCUT2D eigenvalue weighted by Gasteiger charge is 2.21. The Balaban J connectivity index is 2.12. The van der Waals surface area contributed by atoms with Crippen molar-refractivity contribution in [1.82, 2.24) is 5.32 Å². The van der Waals surface area contributed by atoms with E-state index in [0.717, 1.165) is 10.0 Å². The number of rotatable bonds is 5. The molecule has 0 saturated carbocycles. The van der Waals surface area contributed by atoms with Crippen molar-refractivity contribution in [3.63, 3.8) is 0 Å². The summed E-state index contributed by atoms with van der Waals surface area (Å²) in [5.41, 5.74) is 1.27. The predicted molar refractivity (Wildman–Crippen MR) is 83.2 cm³/mol.